The van der Waals surface area contributed by atoms with Crippen molar-refractivity contribution < 1.29 is 13.7 Å². The monoisotopic (exact) mass is 238 g/mol. The Kier molecular flexibility index (Phi) is 3.62. The van der Waals surface area contributed by atoms with Crippen molar-refractivity contribution in [2.45, 2.75) is 12.8 Å². The smallest absolute Gasteiger partial charge is 0.258 e. The molecule has 0 bridgehead atoms. The number of nitriles is 2. The summed E-state index contributed by atoms with van der Waals surface area (Å²) in [4.78, 5) is 13.0. The zero-order valence-corrected chi connectivity index (χ0v) is 8.22. The minimum Gasteiger partial charge on any atom is -0.258 e. The zero-order chi connectivity index (χ0) is 13.0. The van der Waals surface area contributed by atoms with Crippen molar-refractivity contribution in [3.05, 3.63) is 33.1 Å². The predicted octanol–water partition coefficient (Wildman–Crippen LogP) is 1.87. The van der Waals surface area contributed by atoms with Gasteiger partial charge in [0.2, 0.25) is 0 Å². The first kappa shape index (κ1) is 12.5. The molecule has 0 aliphatic rings. The second kappa shape index (κ2) is 4.94. The molecule has 0 spiro atoms. The molecule has 0 saturated carbocycles. The van der Waals surface area contributed by atoms with Crippen molar-refractivity contribution in [3.8, 4) is 12.1 Å². The van der Waals surface area contributed by atoms with Crippen molar-refractivity contribution in [2.24, 2.45) is 0 Å². The molecular weight excluding hydrogens is 234 g/mol. The van der Waals surface area contributed by atoms with E-state index in [9.17, 15) is 18.9 Å². The molecule has 1 heterocycles. The van der Waals surface area contributed by atoms with Gasteiger partial charge in [0.15, 0.2) is 0 Å². The van der Waals surface area contributed by atoms with Crippen LogP contribution in [0.25, 0.3) is 0 Å². The lowest BCUT2D eigenvalue weighted by Crippen LogP contribution is -2.05. The van der Waals surface area contributed by atoms with E-state index in [1.165, 1.54) is 6.07 Å². The average Bonchev–Trinajstić information content (AvgIpc) is 2.27. The SMILES string of the molecule is N#CCc1ncc([N+](=O)[O-])c(C#N)c1C(F)F. The Morgan fingerprint density at radius 3 is 2.59 bits per heavy atom. The van der Waals surface area contributed by atoms with E-state index in [4.69, 9.17) is 10.5 Å². The van der Waals surface area contributed by atoms with E-state index in [1.54, 1.807) is 6.07 Å². The van der Waals surface area contributed by atoms with Crippen LogP contribution in [0.2, 0.25) is 0 Å². The van der Waals surface area contributed by atoms with Gasteiger partial charge >= 0.3 is 5.69 Å². The summed E-state index contributed by atoms with van der Waals surface area (Å²) in [6.45, 7) is 0. The van der Waals surface area contributed by atoms with Gasteiger partial charge in [-0.05, 0) is 0 Å². The molecule has 0 N–H and O–H groups in total. The van der Waals surface area contributed by atoms with E-state index >= 15 is 0 Å². The second-order valence-corrected chi connectivity index (χ2v) is 2.88. The van der Waals surface area contributed by atoms with E-state index in [0.29, 0.717) is 6.20 Å². The Balaban J connectivity index is 3.58. The maximum atomic E-state index is 12.7. The van der Waals surface area contributed by atoms with Crippen molar-refractivity contribution in [3.63, 3.8) is 0 Å². The molecule has 6 nitrogen and oxygen atoms in total. The number of nitrogens with zero attached hydrogens (tertiary/aromatic N) is 4. The minimum atomic E-state index is -3.10. The highest BCUT2D eigenvalue weighted by atomic mass is 19.3. The van der Waals surface area contributed by atoms with E-state index in [0.717, 1.165) is 0 Å². The maximum Gasteiger partial charge on any atom is 0.305 e. The van der Waals surface area contributed by atoms with E-state index in [2.05, 4.69) is 4.98 Å². The first-order valence-electron chi connectivity index (χ1n) is 4.24. The first-order valence-corrected chi connectivity index (χ1v) is 4.24. The lowest BCUT2D eigenvalue weighted by atomic mass is 10.0. The number of alkyl halides is 2. The normalized spacial score (nSPS) is 9.71. The highest BCUT2D eigenvalue weighted by Gasteiger charge is 2.27. The molecule has 0 saturated heterocycles. The topological polar surface area (TPSA) is 104 Å². The fourth-order valence-electron chi connectivity index (χ4n) is 1.26. The van der Waals surface area contributed by atoms with E-state index in [1.807, 2.05) is 0 Å². The molecule has 0 amide bonds. The Bertz CT molecular complexity index is 545. The molecular formula is C9H4F2N4O2. The van der Waals surface area contributed by atoms with Gasteiger partial charge in [-0.15, -0.1) is 0 Å². The second-order valence-electron chi connectivity index (χ2n) is 2.88. The van der Waals surface area contributed by atoms with Crippen molar-refractivity contribution in [1.29, 1.82) is 10.5 Å². The summed E-state index contributed by atoms with van der Waals surface area (Å²) in [7, 11) is 0. The molecule has 17 heavy (non-hydrogen) atoms. The highest BCUT2D eigenvalue weighted by Crippen LogP contribution is 2.31. The molecule has 0 fully saturated rings. The fourth-order valence-corrected chi connectivity index (χ4v) is 1.26. The van der Waals surface area contributed by atoms with Crippen LogP contribution in [0.4, 0.5) is 14.5 Å². The standard InChI is InChI=1S/C9H4F2N4O2/c10-9(11)8-5(3-13)7(15(16)17)4-14-6(8)1-2-12/h4,9H,1H2. The summed E-state index contributed by atoms with van der Waals surface area (Å²) in [6.07, 6.45) is -2.83. The number of hydrogen-bond acceptors (Lipinski definition) is 5. The summed E-state index contributed by atoms with van der Waals surface area (Å²) < 4.78 is 25.4. The molecule has 1 rings (SSSR count). The van der Waals surface area contributed by atoms with Gasteiger partial charge in [0, 0.05) is 0 Å². The number of aromatic nitrogens is 1. The van der Waals surface area contributed by atoms with Crippen LogP contribution in [0.1, 0.15) is 23.2 Å². The zero-order valence-electron chi connectivity index (χ0n) is 8.22. The van der Waals surface area contributed by atoms with Gasteiger partial charge in [-0.2, -0.15) is 10.5 Å². The summed E-state index contributed by atoms with van der Waals surface area (Å²) in [6, 6.07) is 2.96. The molecule has 0 atom stereocenters. The van der Waals surface area contributed by atoms with Crippen LogP contribution < -0.4 is 0 Å². The van der Waals surface area contributed by atoms with Crippen LogP contribution >= 0.6 is 0 Å². The summed E-state index contributed by atoms with van der Waals surface area (Å²) in [5.41, 5.74) is -2.69. The molecule has 8 heteroatoms. The first-order chi connectivity index (χ1) is 8.02. The number of nitro groups is 1. The third kappa shape index (κ3) is 2.32. The molecule has 0 radical (unpaired) electrons. The van der Waals surface area contributed by atoms with Crippen molar-refractivity contribution in [2.75, 3.05) is 0 Å². The quantitative estimate of drug-likeness (QED) is 0.590. The maximum absolute atomic E-state index is 12.7. The van der Waals surface area contributed by atoms with Crippen LogP contribution in [-0.4, -0.2) is 9.91 Å². The lowest BCUT2D eigenvalue weighted by Gasteiger charge is -2.06. The molecule has 0 unspecified atom stereocenters. The minimum absolute atomic E-state index is 0.315. The third-order valence-corrected chi connectivity index (χ3v) is 1.95. The lowest BCUT2D eigenvalue weighted by molar-refractivity contribution is -0.385. The van der Waals surface area contributed by atoms with Gasteiger partial charge in [-0.1, -0.05) is 0 Å². The van der Waals surface area contributed by atoms with Gasteiger partial charge in [0.1, 0.15) is 17.8 Å². The summed E-state index contributed by atoms with van der Waals surface area (Å²) in [5, 5.41) is 27.6. The average molecular weight is 238 g/mol. The van der Waals surface area contributed by atoms with Crippen LogP contribution in [-0.2, 0) is 6.42 Å². The predicted molar refractivity (Wildman–Crippen MR) is 49.9 cm³/mol. The van der Waals surface area contributed by atoms with Crippen LogP contribution in [0, 0.1) is 32.8 Å². The van der Waals surface area contributed by atoms with Crippen molar-refractivity contribution >= 4 is 5.69 Å². The van der Waals surface area contributed by atoms with Crippen LogP contribution in [0.5, 0.6) is 0 Å². The molecule has 0 aromatic carbocycles. The Hall–Kier alpha value is -2.61. The van der Waals surface area contributed by atoms with Crippen LogP contribution in [0.3, 0.4) is 0 Å². The Morgan fingerprint density at radius 1 is 1.53 bits per heavy atom. The van der Waals surface area contributed by atoms with Gasteiger partial charge in [0.25, 0.3) is 6.43 Å². The van der Waals surface area contributed by atoms with Gasteiger partial charge < -0.3 is 0 Å². The van der Waals surface area contributed by atoms with E-state index < -0.39 is 34.6 Å². The molecule has 0 aliphatic heterocycles. The summed E-state index contributed by atoms with van der Waals surface area (Å²) in [5.74, 6) is 0. The van der Waals surface area contributed by atoms with Crippen LogP contribution in [0.15, 0.2) is 6.20 Å². The Labute approximate surface area is 93.9 Å². The number of halogens is 2. The van der Waals surface area contributed by atoms with Gasteiger partial charge in [-0.25, -0.2) is 8.78 Å². The molecule has 0 aliphatic carbocycles. The van der Waals surface area contributed by atoms with Gasteiger partial charge in [-0.3, -0.25) is 15.1 Å². The molecule has 1 aromatic rings. The number of hydrogen-bond donors (Lipinski definition) is 0. The number of rotatable bonds is 3. The Morgan fingerprint density at radius 2 is 2.18 bits per heavy atom. The fraction of sp³-hybridized carbons (Fsp3) is 0.222. The molecule has 1 aromatic heterocycles. The largest absolute Gasteiger partial charge is 0.305 e. The van der Waals surface area contributed by atoms with Gasteiger partial charge in [0.05, 0.1) is 28.7 Å². The van der Waals surface area contributed by atoms with E-state index in [-0.39, 0.29) is 5.69 Å². The molecule has 86 valence electrons. The van der Waals surface area contributed by atoms with Crippen molar-refractivity contribution in [1.82, 2.24) is 4.98 Å². The summed E-state index contributed by atoms with van der Waals surface area (Å²) >= 11 is 0. The third-order valence-electron chi connectivity index (χ3n) is 1.95. The highest BCUT2D eigenvalue weighted by molar-refractivity contribution is 5.54. The number of pyridine rings is 1.